The number of hydrogen-bond donors (Lipinski definition) is 1. The van der Waals surface area contributed by atoms with Crippen molar-refractivity contribution in [3.8, 4) is 0 Å². The van der Waals surface area contributed by atoms with E-state index >= 15 is 0 Å². The minimum atomic E-state index is -0.0537. The molecule has 1 N–H and O–H groups in total. The Kier molecular flexibility index (Phi) is 4.59. The number of nitrogens with zero attached hydrogens (tertiary/aromatic N) is 3. The molecule has 5 nitrogen and oxygen atoms in total. The maximum absolute atomic E-state index is 13.0. The number of carbonyl (C=O) groups is 1. The van der Waals surface area contributed by atoms with E-state index in [-0.39, 0.29) is 5.91 Å². The van der Waals surface area contributed by atoms with Gasteiger partial charge in [-0.3, -0.25) is 4.79 Å². The highest BCUT2D eigenvalue weighted by molar-refractivity contribution is 5.93. The van der Waals surface area contributed by atoms with Crippen molar-refractivity contribution in [1.82, 2.24) is 14.9 Å². The molecule has 0 unspecified atom stereocenters. The Morgan fingerprint density at radius 1 is 1.00 bits per heavy atom. The molecule has 1 aromatic heterocycles. The highest BCUT2D eigenvalue weighted by Gasteiger charge is 2.23. The summed E-state index contributed by atoms with van der Waals surface area (Å²) in [4.78, 5) is 23.8. The van der Waals surface area contributed by atoms with Crippen LogP contribution in [-0.2, 0) is 13.0 Å². The van der Waals surface area contributed by atoms with E-state index in [1.165, 1.54) is 16.7 Å². The second-order valence-electron chi connectivity index (χ2n) is 6.95. The van der Waals surface area contributed by atoms with Crippen LogP contribution in [-0.4, -0.2) is 27.3 Å². The number of rotatable bonds is 3. The fourth-order valence-corrected chi connectivity index (χ4v) is 3.33. The molecule has 1 amide bonds. The van der Waals surface area contributed by atoms with E-state index in [9.17, 15) is 4.79 Å². The molecule has 0 aliphatic carbocycles. The topological polar surface area (TPSA) is 58.1 Å². The van der Waals surface area contributed by atoms with Gasteiger partial charge in [0, 0.05) is 24.5 Å². The molecule has 3 aromatic rings. The van der Waals surface area contributed by atoms with Crippen LogP contribution in [0.5, 0.6) is 0 Å². The van der Waals surface area contributed by atoms with E-state index in [1.54, 1.807) is 6.07 Å². The monoisotopic (exact) mass is 358 g/mol. The van der Waals surface area contributed by atoms with E-state index in [4.69, 9.17) is 0 Å². The van der Waals surface area contributed by atoms with Crippen LogP contribution in [0, 0.1) is 13.8 Å². The lowest BCUT2D eigenvalue weighted by atomic mass is 10.00. The third kappa shape index (κ3) is 3.82. The zero-order valence-electron chi connectivity index (χ0n) is 15.6. The predicted octanol–water partition coefficient (Wildman–Crippen LogP) is 4.04. The molecule has 2 aromatic carbocycles. The van der Waals surface area contributed by atoms with Crippen LogP contribution in [0.3, 0.4) is 0 Å². The quantitative estimate of drug-likeness (QED) is 0.768. The lowest BCUT2D eigenvalue weighted by Crippen LogP contribution is -2.36. The van der Waals surface area contributed by atoms with Gasteiger partial charge in [-0.1, -0.05) is 42.0 Å². The van der Waals surface area contributed by atoms with Crippen molar-refractivity contribution in [1.29, 1.82) is 0 Å². The number of carbonyl (C=O) groups excluding carboxylic acids is 1. The molecule has 2 heterocycles. The van der Waals surface area contributed by atoms with Gasteiger partial charge in [0.1, 0.15) is 5.69 Å². The van der Waals surface area contributed by atoms with Crippen molar-refractivity contribution in [3.63, 3.8) is 0 Å². The summed E-state index contributed by atoms with van der Waals surface area (Å²) in [6.45, 7) is 5.25. The Labute approximate surface area is 159 Å². The summed E-state index contributed by atoms with van der Waals surface area (Å²) in [6.07, 6.45) is 0.875. The number of aryl methyl sites for hydroxylation is 2. The van der Waals surface area contributed by atoms with Crippen molar-refractivity contribution in [2.24, 2.45) is 0 Å². The number of nitrogens with one attached hydrogen (secondary N) is 1. The highest BCUT2D eigenvalue weighted by atomic mass is 16.2. The molecule has 0 bridgehead atoms. The normalized spacial score (nSPS) is 13.2. The molecule has 0 atom stereocenters. The number of benzene rings is 2. The Morgan fingerprint density at radius 2 is 1.74 bits per heavy atom. The van der Waals surface area contributed by atoms with E-state index in [0.717, 1.165) is 17.8 Å². The van der Waals surface area contributed by atoms with Gasteiger partial charge < -0.3 is 10.2 Å². The van der Waals surface area contributed by atoms with Gasteiger partial charge in [0.05, 0.1) is 0 Å². The molecule has 0 spiro atoms. The van der Waals surface area contributed by atoms with Gasteiger partial charge in [0.15, 0.2) is 0 Å². The number of aromatic nitrogens is 2. The first kappa shape index (κ1) is 17.2. The van der Waals surface area contributed by atoms with Gasteiger partial charge in [-0.05, 0) is 49.6 Å². The zero-order chi connectivity index (χ0) is 18.8. The molecule has 1 aliphatic rings. The summed E-state index contributed by atoms with van der Waals surface area (Å²) in [6, 6.07) is 18.0. The zero-order valence-corrected chi connectivity index (χ0v) is 15.6. The van der Waals surface area contributed by atoms with E-state index < -0.39 is 0 Å². The van der Waals surface area contributed by atoms with Gasteiger partial charge in [-0.2, -0.15) is 0 Å². The molecule has 0 saturated carbocycles. The summed E-state index contributed by atoms with van der Waals surface area (Å²) in [5.74, 6) is 0.390. The number of hydrogen-bond acceptors (Lipinski definition) is 4. The Balaban J connectivity index is 1.56. The number of amides is 1. The Morgan fingerprint density at radius 3 is 2.52 bits per heavy atom. The minimum Gasteiger partial charge on any atom is -0.333 e. The maximum Gasteiger partial charge on any atom is 0.272 e. The third-order valence-electron chi connectivity index (χ3n) is 4.80. The van der Waals surface area contributed by atoms with Crippen LogP contribution in [0.15, 0.2) is 54.6 Å². The Hall–Kier alpha value is -3.21. The summed E-state index contributed by atoms with van der Waals surface area (Å²) in [5, 5.41) is 3.19. The molecule has 0 fully saturated rings. The van der Waals surface area contributed by atoms with E-state index in [1.807, 2.05) is 55.1 Å². The summed E-state index contributed by atoms with van der Waals surface area (Å²) in [5.41, 5.74) is 5.81. The summed E-state index contributed by atoms with van der Waals surface area (Å²) < 4.78 is 0. The largest absolute Gasteiger partial charge is 0.333 e. The average Bonchev–Trinajstić information content (AvgIpc) is 2.68. The standard InChI is InChI=1S/C22H22N4O/c1-15-7-9-19(10-8-15)24-22-23-16(2)13-20(25-22)21(27)26-12-11-17-5-3-4-6-18(17)14-26/h3-10,13H,11-12,14H2,1-2H3,(H,23,24,25). The van der Waals surface area contributed by atoms with Crippen molar-refractivity contribution in [2.75, 3.05) is 11.9 Å². The molecular weight excluding hydrogens is 336 g/mol. The van der Waals surface area contributed by atoms with Crippen LogP contribution >= 0.6 is 0 Å². The Bertz CT molecular complexity index is 982. The van der Waals surface area contributed by atoms with E-state index in [2.05, 4.69) is 27.4 Å². The molecule has 27 heavy (non-hydrogen) atoms. The SMILES string of the molecule is Cc1ccc(Nc2nc(C)cc(C(=O)N3CCc4ccccc4C3)n2)cc1. The summed E-state index contributed by atoms with van der Waals surface area (Å²) >= 11 is 0. The fraction of sp³-hybridized carbons (Fsp3) is 0.227. The first-order valence-electron chi connectivity index (χ1n) is 9.14. The van der Waals surface area contributed by atoms with Crippen LogP contribution in [0.1, 0.15) is 32.9 Å². The van der Waals surface area contributed by atoms with Crippen LogP contribution in [0.4, 0.5) is 11.6 Å². The van der Waals surface area contributed by atoms with Gasteiger partial charge in [-0.25, -0.2) is 9.97 Å². The fourth-order valence-electron chi connectivity index (χ4n) is 3.33. The maximum atomic E-state index is 13.0. The van der Waals surface area contributed by atoms with Gasteiger partial charge in [0.2, 0.25) is 5.95 Å². The first-order valence-corrected chi connectivity index (χ1v) is 9.14. The van der Waals surface area contributed by atoms with Gasteiger partial charge >= 0.3 is 0 Å². The van der Waals surface area contributed by atoms with Crippen molar-refractivity contribution in [2.45, 2.75) is 26.8 Å². The first-order chi connectivity index (χ1) is 13.1. The lowest BCUT2D eigenvalue weighted by molar-refractivity contribution is 0.0728. The molecule has 136 valence electrons. The highest BCUT2D eigenvalue weighted by Crippen LogP contribution is 2.21. The molecule has 5 heteroatoms. The molecule has 0 saturated heterocycles. The van der Waals surface area contributed by atoms with Crippen molar-refractivity contribution < 1.29 is 4.79 Å². The second kappa shape index (κ2) is 7.19. The second-order valence-corrected chi connectivity index (χ2v) is 6.95. The van der Waals surface area contributed by atoms with Crippen LogP contribution in [0.2, 0.25) is 0 Å². The van der Waals surface area contributed by atoms with Crippen LogP contribution < -0.4 is 5.32 Å². The lowest BCUT2D eigenvalue weighted by Gasteiger charge is -2.28. The summed E-state index contributed by atoms with van der Waals surface area (Å²) in [7, 11) is 0. The molecule has 1 aliphatic heterocycles. The number of fused-ring (bicyclic) bond motifs is 1. The number of anilines is 2. The minimum absolute atomic E-state index is 0.0537. The van der Waals surface area contributed by atoms with Crippen LogP contribution in [0.25, 0.3) is 0 Å². The average molecular weight is 358 g/mol. The molecule has 4 rings (SSSR count). The third-order valence-corrected chi connectivity index (χ3v) is 4.80. The van der Waals surface area contributed by atoms with Crippen molar-refractivity contribution in [3.05, 3.63) is 82.7 Å². The van der Waals surface area contributed by atoms with E-state index in [0.29, 0.717) is 24.7 Å². The van der Waals surface area contributed by atoms with Gasteiger partial charge in [-0.15, -0.1) is 0 Å². The van der Waals surface area contributed by atoms with Crippen molar-refractivity contribution >= 4 is 17.5 Å². The molecular formula is C22H22N4O. The smallest absolute Gasteiger partial charge is 0.272 e. The van der Waals surface area contributed by atoms with Gasteiger partial charge in [0.25, 0.3) is 5.91 Å². The predicted molar refractivity (Wildman–Crippen MR) is 106 cm³/mol. The molecule has 0 radical (unpaired) electrons.